The Morgan fingerprint density at radius 1 is 1.35 bits per heavy atom. The topological polar surface area (TPSA) is 76.1 Å². The molecule has 1 atom stereocenters. The fourth-order valence-electron chi connectivity index (χ4n) is 1.39. The second kappa shape index (κ2) is 7.30. The minimum Gasteiger partial charge on any atom is -0.466 e. The van der Waals surface area contributed by atoms with E-state index in [2.05, 4.69) is 11.3 Å². The van der Waals surface area contributed by atoms with Gasteiger partial charge >= 0.3 is 12.1 Å². The molecule has 0 heterocycles. The molecule has 0 aliphatic carbocycles. The summed E-state index contributed by atoms with van der Waals surface area (Å²) in [6, 6.07) is 8.08. The van der Waals surface area contributed by atoms with Gasteiger partial charge in [0.15, 0.2) is 0 Å². The fraction of sp³-hybridized carbons (Fsp3) is 0.286. The number of hydroxylamine groups is 2. The van der Waals surface area contributed by atoms with Gasteiger partial charge in [-0.15, -0.1) is 0 Å². The minimum absolute atomic E-state index is 0.0220. The summed E-state index contributed by atoms with van der Waals surface area (Å²) in [4.78, 5) is 22.9. The Morgan fingerprint density at radius 2 is 1.95 bits per heavy atom. The van der Waals surface area contributed by atoms with Crippen LogP contribution in [0.4, 0.5) is 4.79 Å². The standard InChI is InChI=1S/C14H17NO5/c1-10(13(16)19-3)11(2)15(18)14(17)20-9-12-7-5-4-6-8-12/h4-8,11,18H,1,9H2,2-3H3. The summed E-state index contributed by atoms with van der Waals surface area (Å²) in [5.41, 5.74) is 0.736. The van der Waals surface area contributed by atoms with Gasteiger partial charge in [0.1, 0.15) is 6.61 Å². The van der Waals surface area contributed by atoms with Crippen LogP contribution in [0.5, 0.6) is 0 Å². The third-order valence-electron chi connectivity index (χ3n) is 2.71. The number of rotatable bonds is 5. The van der Waals surface area contributed by atoms with E-state index in [1.165, 1.54) is 14.0 Å². The number of carbonyl (C=O) groups is 2. The van der Waals surface area contributed by atoms with E-state index in [4.69, 9.17) is 4.74 Å². The van der Waals surface area contributed by atoms with Gasteiger partial charge in [-0.2, -0.15) is 5.06 Å². The average Bonchev–Trinajstić information content (AvgIpc) is 2.50. The zero-order valence-corrected chi connectivity index (χ0v) is 11.4. The number of esters is 1. The molecular formula is C14H17NO5. The van der Waals surface area contributed by atoms with Crippen LogP contribution in [0, 0.1) is 0 Å². The molecule has 6 nitrogen and oxygen atoms in total. The molecule has 0 saturated heterocycles. The lowest BCUT2D eigenvalue weighted by Gasteiger charge is -2.22. The van der Waals surface area contributed by atoms with Crippen LogP contribution in [0.25, 0.3) is 0 Å². The lowest BCUT2D eigenvalue weighted by atomic mass is 10.1. The maximum absolute atomic E-state index is 11.6. The third-order valence-corrected chi connectivity index (χ3v) is 2.71. The summed E-state index contributed by atoms with van der Waals surface area (Å²) in [5.74, 6) is -0.701. The van der Waals surface area contributed by atoms with Crippen molar-refractivity contribution in [1.82, 2.24) is 5.06 Å². The van der Waals surface area contributed by atoms with Gasteiger partial charge in [-0.05, 0) is 12.5 Å². The van der Waals surface area contributed by atoms with Crippen LogP contribution in [-0.2, 0) is 20.9 Å². The second-order valence-corrected chi connectivity index (χ2v) is 4.08. The van der Waals surface area contributed by atoms with Crippen LogP contribution in [-0.4, -0.2) is 35.5 Å². The first-order valence-electron chi connectivity index (χ1n) is 5.93. The van der Waals surface area contributed by atoms with Crippen molar-refractivity contribution in [2.75, 3.05) is 7.11 Å². The summed E-state index contributed by atoms with van der Waals surface area (Å²) in [6.45, 7) is 4.92. The molecule has 0 saturated carbocycles. The number of carbonyl (C=O) groups excluding carboxylic acids is 2. The van der Waals surface area contributed by atoms with Crippen LogP contribution >= 0.6 is 0 Å². The molecule has 20 heavy (non-hydrogen) atoms. The van der Waals surface area contributed by atoms with E-state index >= 15 is 0 Å². The molecule has 0 aliphatic rings. The van der Waals surface area contributed by atoms with Crippen molar-refractivity contribution in [3.05, 3.63) is 48.0 Å². The highest BCUT2D eigenvalue weighted by molar-refractivity contribution is 5.89. The normalized spacial score (nSPS) is 11.3. The maximum atomic E-state index is 11.6. The lowest BCUT2D eigenvalue weighted by molar-refractivity contribution is -0.139. The van der Waals surface area contributed by atoms with Gasteiger partial charge in [-0.1, -0.05) is 36.9 Å². The Balaban J connectivity index is 2.54. The van der Waals surface area contributed by atoms with Crippen LogP contribution in [0.15, 0.2) is 42.5 Å². The molecule has 1 unspecified atom stereocenters. The van der Waals surface area contributed by atoms with Crippen molar-refractivity contribution in [2.45, 2.75) is 19.6 Å². The monoisotopic (exact) mass is 279 g/mol. The van der Waals surface area contributed by atoms with Crippen LogP contribution in [0.1, 0.15) is 12.5 Å². The molecule has 1 N–H and O–H groups in total. The number of nitrogens with zero attached hydrogens (tertiary/aromatic N) is 1. The van der Waals surface area contributed by atoms with Crippen molar-refractivity contribution in [3.8, 4) is 0 Å². The van der Waals surface area contributed by atoms with Gasteiger partial charge < -0.3 is 9.47 Å². The molecule has 0 spiro atoms. The lowest BCUT2D eigenvalue weighted by Crippen LogP contribution is -2.39. The van der Waals surface area contributed by atoms with Crippen molar-refractivity contribution >= 4 is 12.1 Å². The van der Waals surface area contributed by atoms with E-state index in [0.717, 1.165) is 5.56 Å². The average molecular weight is 279 g/mol. The van der Waals surface area contributed by atoms with E-state index in [-0.39, 0.29) is 12.2 Å². The predicted octanol–water partition coefficient (Wildman–Crippen LogP) is 2.13. The van der Waals surface area contributed by atoms with Crippen molar-refractivity contribution in [3.63, 3.8) is 0 Å². The highest BCUT2D eigenvalue weighted by Gasteiger charge is 2.26. The first-order valence-corrected chi connectivity index (χ1v) is 5.93. The van der Waals surface area contributed by atoms with Crippen molar-refractivity contribution in [1.29, 1.82) is 0 Å². The number of hydrogen-bond donors (Lipinski definition) is 1. The predicted molar refractivity (Wildman–Crippen MR) is 70.9 cm³/mol. The summed E-state index contributed by atoms with van der Waals surface area (Å²) in [5, 5.41) is 9.98. The number of amides is 1. The van der Waals surface area contributed by atoms with Gasteiger partial charge in [-0.3, -0.25) is 5.21 Å². The smallest absolute Gasteiger partial charge is 0.434 e. The molecular weight excluding hydrogens is 262 g/mol. The largest absolute Gasteiger partial charge is 0.466 e. The second-order valence-electron chi connectivity index (χ2n) is 4.08. The van der Waals surface area contributed by atoms with E-state index in [1.807, 2.05) is 18.2 Å². The number of benzene rings is 1. The molecule has 0 aliphatic heterocycles. The molecule has 1 aromatic carbocycles. The highest BCUT2D eigenvalue weighted by atomic mass is 16.6. The van der Waals surface area contributed by atoms with E-state index in [9.17, 15) is 14.8 Å². The SMILES string of the molecule is C=C(C(=O)OC)C(C)N(O)C(=O)OCc1ccccc1. The summed E-state index contributed by atoms with van der Waals surface area (Å²) in [7, 11) is 1.19. The molecule has 6 heteroatoms. The van der Waals surface area contributed by atoms with E-state index in [0.29, 0.717) is 5.06 Å². The summed E-state index contributed by atoms with van der Waals surface area (Å²) < 4.78 is 9.38. The molecule has 0 radical (unpaired) electrons. The van der Waals surface area contributed by atoms with Gasteiger partial charge in [0.05, 0.1) is 18.7 Å². The molecule has 0 bridgehead atoms. The van der Waals surface area contributed by atoms with Crippen LogP contribution < -0.4 is 0 Å². The van der Waals surface area contributed by atoms with Gasteiger partial charge in [0.25, 0.3) is 0 Å². The zero-order chi connectivity index (χ0) is 15.1. The van der Waals surface area contributed by atoms with Crippen molar-refractivity contribution in [2.24, 2.45) is 0 Å². The van der Waals surface area contributed by atoms with E-state index in [1.54, 1.807) is 12.1 Å². The number of methoxy groups -OCH3 is 1. The Labute approximate surface area is 117 Å². The summed E-state index contributed by atoms with van der Waals surface area (Å²) in [6.07, 6.45) is -0.966. The highest BCUT2D eigenvalue weighted by Crippen LogP contribution is 2.10. The Kier molecular flexibility index (Phi) is 5.74. The van der Waals surface area contributed by atoms with Crippen LogP contribution in [0.3, 0.4) is 0 Å². The Morgan fingerprint density at radius 3 is 2.50 bits per heavy atom. The van der Waals surface area contributed by atoms with Crippen molar-refractivity contribution < 1.29 is 24.3 Å². The molecule has 108 valence electrons. The minimum atomic E-state index is -0.966. The first-order chi connectivity index (χ1) is 9.47. The molecule has 1 amide bonds. The molecule has 0 fully saturated rings. The third kappa shape index (κ3) is 4.10. The van der Waals surface area contributed by atoms with Crippen LogP contribution in [0.2, 0.25) is 0 Å². The summed E-state index contributed by atoms with van der Waals surface area (Å²) >= 11 is 0. The zero-order valence-electron chi connectivity index (χ0n) is 11.4. The Hall–Kier alpha value is -2.34. The van der Waals surface area contributed by atoms with Gasteiger partial charge in [-0.25, -0.2) is 9.59 Å². The number of hydrogen-bond acceptors (Lipinski definition) is 5. The van der Waals surface area contributed by atoms with Gasteiger partial charge in [0.2, 0.25) is 0 Å². The number of ether oxygens (including phenoxy) is 2. The molecule has 1 aromatic rings. The Bertz CT molecular complexity index is 486. The quantitative estimate of drug-likeness (QED) is 0.387. The van der Waals surface area contributed by atoms with Gasteiger partial charge in [0, 0.05) is 0 Å². The molecule has 0 aromatic heterocycles. The molecule has 1 rings (SSSR count). The fourth-order valence-corrected chi connectivity index (χ4v) is 1.39. The first kappa shape index (κ1) is 15.7. The van der Waals surface area contributed by atoms with E-state index < -0.39 is 18.1 Å². The maximum Gasteiger partial charge on any atom is 0.434 e.